The first-order valence-electron chi connectivity index (χ1n) is 3.95. The van der Waals surface area contributed by atoms with Gasteiger partial charge in [-0.1, -0.05) is 0 Å². The lowest BCUT2D eigenvalue weighted by atomic mass is 9.88. The first-order valence-corrected chi connectivity index (χ1v) is 3.95. The Morgan fingerprint density at radius 2 is 1.73 bits per heavy atom. The summed E-state index contributed by atoms with van der Waals surface area (Å²) in [5, 5.41) is 44.5. The molecular weight excluding hydrogens is 210 g/mol. The molecule has 0 fully saturated rings. The van der Waals surface area contributed by atoms with Crippen molar-refractivity contribution in [1.82, 2.24) is 0 Å². The molecule has 0 aliphatic carbocycles. The van der Waals surface area contributed by atoms with Gasteiger partial charge in [0, 0.05) is 0 Å². The molecule has 0 rings (SSSR count). The summed E-state index contributed by atoms with van der Waals surface area (Å²) < 4.78 is 0. The summed E-state index contributed by atoms with van der Waals surface area (Å²) in [6.07, 6.45) is -4.24. The lowest BCUT2D eigenvalue weighted by molar-refractivity contribution is -0.175. The van der Waals surface area contributed by atoms with Crippen LogP contribution in [0.1, 0.15) is 0 Å². The summed E-state index contributed by atoms with van der Waals surface area (Å²) in [5.41, 5.74) is 1.55. The molecule has 0 saturated carbocycles. The minimum Gasteiger partial charge on any atom is -0.394 e. The van der Waals surface area contributed by atoms with Crippen LogP contribution in [0.25, 0.3) is 0 Å². The zero-order valence-electron chi connectivity index (χ0n) is 7.70. The molecule has 0 saturated heterocycles. The standard InChI is InChI=1S/C7H13NO7/c8-6(14)7(15,4(12)2-10)5(13)3(11)1-9/h3,5,9-11,13,15H,1-2H2,(H2,8,14)/t3-,5-,7-/m1/s1. The van der Waals surface area contributed by atoms with E-state index in [1.165, 1.54) is 0 Å². The molecular formula is C7H13NO7. The second kappa shape index (κ2) is 5.14. The third-order valence-electron chi connectivity index (χ3n) is 1.92. The van der Waals surface area contributed by atoms with E-state index in [9.17, 15) is 19.8 Å². The maximum absolute atomic E-state index is 11.0. The molecule has 0 spiro atoms. The van der Waals surface area contributed by atoms with E-state index in [2.05, 4.69) is 5.73 Å². The van der Waals surface area contributed by atoms with Gasteiger partial charge in [-0.25, -0.2) is 0 Å². The first-order chi connectivity index (χ1) is 6.82. The Morgan fingerprint density at radius 1 is 1.27 bits per heavy atom. The number of aliphatic hydroxyl groups excluding tert-OH is 4. The zero-order valence-corrected chi connectivity index (χ0v) is 7.70. The molecule has 7 N–H and O–H groups in total. The van der Waals surface area contributed by atoms with Gasteiger partial charge in [-0.2, -0.15) is 0 Å². The van der Waals surface area contributed by atoms with Gasteiger partial charge in [-0.05, 0) is 0 Å². The van der Waals surface area contributed by atoms with Crippen molar-refractivity contribution in [2.45, 2.75) is 17.8 Å². The molecule has 0 bridgehead atoms. The molecule has 0 aliphatic rings. The molecule has 8 heteroatoms. The first kappa shape index (κ1) is 13.9. The van der Waals surface area contributed by atoms with Crippen molar-refractivity contribution in [2.24, 2.45) is 5.73 Å². The summed E-state index contributed by atoms with van der Waals surface area (Å²) in [6, 6.07) is 0. The molecule has 0 aliphatic heterocycles. The van der Waals surface area contributed by atoms with E-state index in [4.69, 9.17) is 15.3 Å². The van der Waals surface area contributed by atoms with E-state index in [0.717, 1.165) is 0 Å². The summed E-state index contributed by atoms with van der Waals surface area (Å²) in [4.78, 5) is 21.8. The van der Waals surface area contributed by atoms with Crippen molar-refractivity contribution < 1.29 is 35.1 Å². The molecule has 3 atom stereocenters. The van der Waals surface area contributed by atoms with Gasteiger partial charge in [-0.15, -0.1) is 0 Å². The second-order valence-corrected chi connectivity index (χ2v) is 2.91. The summed E-state index contributed by atoms with van der Waals surface area (Å²) in [7, 11) is 0. The average Bonchev–Trinajstić information content (AvgIpc) is 2.24. The minimum absolute atomic E-state index is 0.991. The number of rotatable bonds is 6. The highest BCUT2D eigenvalue weighted by Gasteiger charge is 2.51. The number of Topliss-reactive ketones (excluding diaryl/α,β-unsaturated/α-hetero) is 1. The number of ketones is 1. The minimum atomic E-state index is -3.11. The predicted molar refractivity (Wildman–Crippen MR) is 45.3 cm³/mol. The maximum Gasteiger partial charge on any atom is 0.260 e. The molecule has 88 valence electrons. The normalized spacial score (nSPS) is 19.0. The van der Waals surface area contributed by atoms with Crippen LogP contribution in [0.3, 0.4) is 0 Å². The Kier molecular flexibility index (Phi) is 4.78. The Bertz CT molecular complexity index is 256. The highest BCUT2D eigenvalue weighted by Crippen LogP contribution is 2.15. The fraction of sp³-hybridized carbons (Fsp3) is 0.714. The largest absolute Gasteiger partial charge is 0.394 e. The fourth-order valence-electron chi connectivity index (χ4n) is 0.947. The van der Waals surface area contributed by atoms with Gasteiger partial charge < -0.3 is 31.3 Å². The molecule has 0 aromatic rings. The molecule has 0 unspecified atom stereocenters. The maximum atomic E-state index is 11.0. The Hall–Kier alpha value is -1.06. The number of amides is 1. The zero-order chi connectivity index (χ0) is 12.2. The van der Waals surface area contributed by atoms with E-state index >= 15 is 0 Å². The van der Waals surface area contributed by atoms with E-state index < -0.39 is 42.7 Å². The van der Waals surface area contributed by atoms with Crippen molar-refractivity contribution in [3.8, 4) is 0 Å². The van der Waals surface area contributed by atoms with Crippen LogP contribution in [-0.4, -0.2) is 68.2 Å². The SMILES string of the molecule is NC(=O)[C@@](O)(C(=O)CO)[C@H](O)[C@H](O)CO. The van der Waals surface area contributed by atoms with Crippen LogP contribution >= 0.6 is 0 Å². The second-order valence-electron chi connectivity index (χ2n) is 2.91. The van der Waals surface area contributed by atoms with Crippen molar-refractivity contribution in [1.29, 1.82) is 0 Å². The number of carbonyl (C=O) groups is 2. The van der Waals surface area contributed by atoms with Crippen LogP contribution < -0.4 is 5.73 Å². The molecule has 0 heterocycles. The molecule has 0 radical (unpaired) electrons. The van der Waals surface area contributed by atoms with Gasteiger partial charge in [0.1, 0.15) is 18.8 Å². The molecule has 0 aromatic carbocycles. The van der Waals surface area contributed by atoms with Gasteiger partial charge in [0.05, 0.1) is 6.61 Å². The van der Waals surface area contributed by atoms with Crippen molar-refractivity contribution in [3.05, 3.63) is 0 Å². The van der Waals surface area contributed by atoms with Crippen molar-refractivity contribution in [2.75, 3.05) is 13.2 Å². The van der Waals surface area contributed by atoms with E-state index in [1.54, 1.807) is 0 Å². The number of hydrogen-bond acceptors (Lipinski definition) is 7. The lowest BCUT2D eigenvalue weighted by Crippen LogP contribution is -2.63. The summed E-state index contributed by atoms with van der Waals surface area (Å²) in [5.74, 6) is -3.09. The van der Waals surface area contributed by atoms with Crippen LogP contribution in [0.2, 0.25) is 0 Å². The topological polar surface area (TPSA) is 161 Å². The summed E-state index contributed by atoms with van der Waals surface area (Å²) >= 11 is 0. The predicted octanol–water partition coefficient (Wildman–Crippen LogP) is -4.52. The number of nitrogens with two attached hydrogens (primary N) is 1. The quantitative estimate of drug-likeness (QED) is 0.247. The number of primary amides is 1. The van der Waals surface area contributed by atoms with Crippen molar-refractivity contribution in [3.63, 3.8) is 0 Å². The van der Waals surface area contributed by atoms with Gasteiger partial charge in [-0.3, -0.25) is 9.59 Å². The molecule has 1 amide bonds. The van der Waals surface area contributed by atoms with Crippen LogP contribution in [0, 0.1) is 0 Å². The summed E-state index contributed by atoms with van der Waals surface area (Å²) in [6.45, 7) is -2.23. The number of aliphatic hydroxyl groups is 5. The average molecular weight is 223 g/mol. The van der Waals surface area contributed by atoms with Crippen LogP contribution in [0.4, 0.5) is 0 Å². The fourth-order valence-corrected chi connectivity index (χ4v) is 0.947. The van der Waals surface area contributed by atoms with Gasteiger partial charge in [0.15, 0.2) is 0 Å². The lowest BCUT2D eigenvalue weighted by Gasteiger charge is -2.30. The third-order valence-corrected chi connectivity index (χ3v) is 1.92. The van der Waals surface area contributed by atoms with E-state index in [-0.39, 0.29) is 0 Å². The van der Waals surface area contributed by atoms with Crippen LogP contribution in [-0.2, 0) is 9.59 Å². The van der Waals surface area contributed by atoms with Crippen molar-refractivity contribution >= 4 is 11.7 Å². The van der Waals surface area contributed by atoms with Crippen LogP contribution in [0.5, 0.6) is 0 Å². The van der Waals surface area contributed by atoms with Crippen LogP contribution in [0.15, 0.2) is 0 Å². The van der Waals surface area contributed by atoms with Gasteiger partial charge in [0.2, 0.25) is 11.4 Å². The smallest absolute Gasteiger partial charge is 0.260 e. The van der Waals surface area contributed by atoms with Gasteiger partial charge in [0.25, 0.3) is 5.91 Å². The molecule has 15 heavy (non-hydrogen) atoms. The third kappa shape index (κ3) is 2.49. The Morgan fingerprint density at radius 3 is 2.00 bits per heavy atom. The van der Waals surface area contributed by atoms with E-state index in [1.807, 2.05) is 0 Å². The Balaban J connectivity index is 5.11. The number of hydrogen-bond donors (Lipinski definition) is 6. The Labute approximate surface area is 84.6 Å². The molecule has 0 aromatic heterocycles. The monoisotopic (exact) mass is 223 g/mol. The van der Waals surface area contributed by atoms with Gasteiger partial charge >= 0.3 is 0 Å². The highest BCUT2D eigenvalue weighted by atomic mass is 16.4. The van der Waals surface area contributed by atoms with E-state index in [0.29, 0.717) is 0 Å². The highest BCUT2D eigenvalue weighted by molar-refractivity contribution is 6.09. The number of carbonyl (C=O) groups excluding carboxylic acids is 2. The molecule has 8 nitrogen and oxygen atoms in total.